The van der Waals surface area contributed by atoms with Crippen molar-refractivity contribution in [2.45, 2.75) is 0 Å². The highest BCUT2D eigenvalue weighted by Gasteiger charge is 2.30. The van der Waals surface area contributed by atoms with Gasteiger partial charge >= 0.3 is 5.97 Å². The Balaban J connectivity index is 1.84. The molecule has 1 aliphatic heterocycles. The summed E-state index contributed by atoms with van der Waals surface area (Å²) in [5, 5.41) is 5.83. The Kier molecular flexibility index (Phi) is 4.47. The van der Waals surface area contributed by atoms with Gasteiger partial charge in [0.25, 0.3) is 0 Å². The number of benzene rings is 2. The number of anilines is 1. The van der Waals surface area contributed by atoms with Crippen molar-refractivity contribution < 1.29 is 14.3 Å². The molecule has 0 amide bonds. The van der Waals surface area contributed by atoms with Crippen LogP contribution < -0.4 is 15.5 Å². The standard InChI is InChI=1S/C18H17N3O3/c1-23-16-12-15(18(22)24-14-10-6-3-7-11-14)17(19)20-21(16)13-8-4-2-5-9-13/h2-12,15H,1H3,(H2,19,20). The molecular formula is C18H17N3O3. The predicted octanol–water partition coefficient (Wildman–Crippen LogP) is 2.49. The van der Waals surface area contributed by atoms with Crippen molar-refractivity contribution in [3.8, 4) is 5.75 Å². The van der Waals surface area contributed by atoms with Gasteiger partial charge in [-0.3, -0.25) is 4.79 Å². The lowest BCUT2D eigenvalue weighted by Gasteiger charge is -2.27. The Labute approximate surface area is 139 Å². The number of hydrazone groups is 1. The van der Waals surface area contributed by atoms with Crippen molar-refractivity contribution in [3.63, 3.8) is 0 Å². The number of hydrogen-bond acceptors (Lipinski definition) is 6. The van der Waals surface area contributed by atoms with Crippen LogP contribution in [0.15, 0.2) is 77.7 Å². The number of amidine groups is 1. The molecule has 6 nitrogen and oxygen atoms in total. The van der Waals surface area contributed by atoms with E-state index in [1.54, 1.807) is 35.4 Å². The third-order valence-electron chi connectivity index (χ3n) is 3.48. The molecule has 2 aromatic rings. The molecule has 0 fully saturated rings. The second-order valence-electron chi connectivity index (χ2n) is 5.09. The fourth-order valence-electron chi connectivity index (χ4n) is 2.29. The van der Waals surface area contributed by atoms with E-state index >= 15 is 0 Å². The molecule has 0 saturated heterocycles. The average molecular weight is 323 g/mol. The zero-order valence-corrected chi connectivity index (χ0v) is 13.1. The first-order valence-electron chi connectivity index (χ1n) is 7.40. The van der Waals surface area contributed by atoms with Crippen molar-refractivity contribution in [1.82, 2.24) is 0 Å². The Morgan fingerprint density at radius 1 is 1.08 bits per heavy atom. The number of carbonyl (C=O) groups excluding carboxylic acids is 1. The first kappa shape index (κ1) is 15.6. The minimum absolute atomic E-state index is 0.139. The number of carbonyl (C=O) groups is 1. The molecule has 2 aromatic carbocycles. The summed E-state index contributed by atoms with van der Waals surface area (Å²) in [6.07, 6.45) is 1.60. The van der Waals surface area contributed by atoms with Crippen LogP contribution in [0.2, 0.25) is 0 Å². The van der Waals surface area contributed by atoms with Crippen molar-refractivity contribution in [2.75, 3.05) is 12.1 Å². The molecular weight excluding hydrogens is 306 g/mol. The molecule has 2 N–H and O–H groups in total. The van der Waals surface area contributed by atoms with E-state index in [9.17, 15) is 4.79 Å². The van der Waals surface area contributed by atoms with E-state index in [1.165, 1.54) is 7.11 Å². The monoisotopic (exact) mass is 323 g/mol. The van der Waals surface area contributed by atoms with E-state index in [2.05, 4.69) is 5.10 Å². The number of methoxy groups -OCH3 is 1. The first-order valence-corrected chi connectivity index (χ1v) is 7.40. The molecule has 1 atom stereocenters. The Hall–Kier alpha value is -3.28. The van der Waals surface area contributed by atoms with E-state index in [-0.39, 0.29) is 5.84 Å². The van der Waals surface area contributed by atoms with Crippen LogP contribution in [-0.2, 0) is 9.53 Å². The van der Waals surface area contributed by atoms with Gasteiger partial charge in [-0.1, -0.05) is 36.4 Å². The molecule has 0 saturated carbocycles. The molecule has 0 bridgehead atoms. The maximum Gasteiger partial charge on any atom is 0.326 e. The number of ether oxygens (including phenoxy) is 2. The SMILES string of the molecule is COC1=CC(C(=O)Oc2ccccc2)C(N)=NN1c1ccccc1. The van der Waals surface area contributed by atoms with Gasteiger partial charge in [0.1, 0.15) is 17.5 Å². The van der Waals surface area contributed by atoms with Crippen LogP contribution in [0.3, 0.4) is 0 Å². The Morgan fingerprint density at radius 3 is 2.33 bits per heavy atom. The fraction of sp³-hybridized carbons (Fsp3) is 0.111. The topological polar surface area (TPSA) is 77.1 Å². The summed E-state index contributed by atoms with van der Waals surface area (Å²) in [7, 11) is 1.51. The van der Waals surface area contributed by atoms with Gasteiger partial charge < -0.3 is 15.2 Å². The molecule has 0 aromatic heterocycles. The van der Waals surface area contributed by atoms with Crippen molar-refractivity contribution in [3.05, 3.63) is 72.6 Å². The molecule has 1 aliphatic rings. The van der Waals surface area contributed by atoms with Crippen molar-refractivity contribution >= 4 is 17.5 Å². The van der Waals surface area contributed by atoms with Crippen LogP contribution in [0.25, 0.3) is 0 Å². The van der Waals surface area contributed by atoms with Gasteiger partial charge in [-0.25, -0.2) is 0 Å². The lowest BCUT2D eigenvalue weighted by atomic mass is 10.1. The summed E-state index contributed by atoms with van der Waals surface area (Å²) in [5.74, 6) is -0.316. The van der Waals surface area contributed by atoms with E-state index in [1.807, 2.05) is 36.4 Å². The van der Waals surface area contributed by atoms with Gasteiger partial charge in [0.05, 0.1) is 12.8 Å². The molecule has 1 heterocycles. The molecule has 24 heavy (non-hydrogen) atoms. The van der Waals surface area contributed by atoms with E-state index in [0.29, 0.717) is 11.6 Å². The molecule has 1 unspecified atom stereocenters. The summed E-state index contributed by atoms with van der Waals surface area (Å²) in [5.41, 5.74) is 6.77. The van der Waals surface area contributed by atoms with Gasteiger partial charge in [0.15, 0.2) is 0 Å². The minimum Gasteiger partial charge on any atom is -0.481 e. The van der Waals surface area contributed by atoms with Crippen LogP contribution in [0.5, 0.6) is 5.75 Å². The van der Waals surface area contributed by atoms with Crippen LogP contribution in [0, 0.1) is 5.92 Å². The average Bonchev–Trinajstić information content (AvgIpc) is 2.63. The number of para-hydroxylation sites is 2. The van der Waals surface area contributed by atoms with Gasteiger partial charge in [0, 0.05) is 0 Å². The second-order valence-corrected chi connectivity index (χ2v) is 5.09. The molecule has 0 aliphatic carbocycles. The summed E-state index contributed by atoms with van der Waals surface area (Å²) in [6, 6.07) is 18.2. The third-order valence-corrected chi connectivity index (χ3v) is 3.48. The summed E-state index contributed by atoms with van der Waals surface area (Å²) in [6.45, 7) is 0. The maximum atomic E-state index is 12.4. The van der Waals surface area contributed by atoms with E-state index in [4.69, 9.17) is 15.2 Å². The number of nitrogens with zero attached hydrogens (tertiary/aromatic N) is 2. The quantitative estimate of drug-likeness (QED) is 0.691. The second kappa shape index (κ2) is 6.87. The van der Waals surface area contributed by atoms with Crippen LogP contribution >= 0.6 is 0 Å². The Morgan fingerprint density at radius 2 is 1.71 bits per heavy atom. The number of esters is 1. The highest BCUT2D eigenvalue weighted by Crippen LogP contribution is 2.25. The minimum atomic E-state index is -0.805. The summed E-state index contributed by atoms with van der Waals surface area (Å²) in [4.78, 5) is 12.4. The smallest absolute Gasteiger partial charge is 0.326 e. The van der Waals surface area contributed by atoms with Gasteiger partial charge in [-0.15, -0.1) is 0 Å². The zero-order chi connectivity index (χ0) is 16.9. The first-order chi connectivity index (χ1) is 11.7. The lowest BCUT2D eigenvalue weighted by molar-refractivity contribution is -0.135. The van der Waals surface area contributed by atoms with E-state index in [0.717, 1.165) is 5.69 Å². The van der Waals surface area contributed by atoms with E-state index < -0.39 is 11.9 Å². The zero-order valence-electron chi connectivity index (χ0n) is 13.1. The van der Waals surface area contributed by atoms with Crippen LogP contribution in [0.4, 0.5) is 5.69 Å². The van der Waals surface area contributed by atoms with Gasteiger partial charge in [0.2, 0.25) is 5.88 Å². The summed E-state index contributed by atoms with van der Waals surface area (Å²) >= 11 is 0. The predicted molar refractivity (Wildman–Crippen MR) is 91.2 cm³/mol. The summed E-state index contributed by atoms with van der Waals surface area (Å²) < 4.78 is 10.7. The molecule has 0 spiro atoms. The molecule has 3 rings (SSSR count). The Bertz CT molecular complexity index is 773. The van der Waals surface area contributed by atoms with Gasteiger partial charge in [-0.2, -0.15) is 10.1 Å². The molecule has 122 valence electrons. The normalized spacial score (nSPS) is 16.9. The fourth-order valence-corrected chi connectivity index (χ4v) is 2.29. The van der Waals surface area contributed by atoms with Crippen LogP contribution in [0.1, 0.15) is 0 Å². The highest BCUT2D eigenvalue weighted by molar-refractivity contribution is 6.03. The molecule has 0 radical (unpaired) electrons. The van der Waals surface area contributed by atoms with Crippen molar-refractivity contribution in [2.24, 2.45) is 16.8 Å². The molecule has 6 heteroatoms. The maximum absolute atomic E-state index is 12.4. The highest BCUT2D eigenvalue weighted by atomic mass is 16.5. The third kappa shape index (κ3) is 3.22. The lowest BCUT2D eigenvalue weighted by Crippen LogP contribution is -2.39. The van der Waals surface area contributed by atoms with Gasteiger partial charge in [-0.05, 0) is 30.3 Å². The number of nitrogens with two attached hydrogens (primary N) is 1. The largest absolute Gasteiger partial charge is 0.481 e. The number of rotatable bonds is 4. The van der Waals surface area contributed by atoms with Crippen LogP contribution in [-0.4, -0.2) is 18.9 Å². The van der Waals surface area contributed by atoms with Crippen molar-refractivity contribution in [1.29, 1.82) is 0 Å². The number of hydrogen-bond donors (Lipinski definition) is 1.